The highest BCUT2D eigenvalue weighted by molar-refractivity contribution is 5.39. The van der Waals surface area contributed by atoms with E-state index in [0.29, 0.717) is 31.4 Å². The van der Waals surface area contributed by atoms with Crippen molar-refractivity contribution in [3.63, 3.8) is 0 Å². The normalized spacial score (nSPS) is 16.1. The zero-order valence-corrected chi connectivity index (χ0v) is 20.0. The third-order valence-corrected chi connectivity index (χ3v) is 7.45. The molecular weight excluding hydrogens is 436 g/mol. The molecule has 35 heavy (non-hydrogen) atoms. The van der Waals surface area contributed by atoms with Gasteiger partial charge in [-0.25, -0.2) is 4.98 Å². The number of aryl methyl sites for hydroxylation is 1. The number of hydrogen-bond acceptors (Lipinski definition) is 5. The first-order chi connectivity index (χ1) is 17.2. The van der Waals surface area contributed by atoms with Crippen molar-refractivity contribution in [1.82, 2.24) is 24.7 Å². The van der Waals surface area contributed by atoms with Crippen molar-refractivity contribution in [2.45, 2.75) is 57.5 Å². The lowest BCUT2D eigenvalue weighted by molar-refractivity contribution is 0.576. The van der Waals surface area contributed by atoms with Crippen LogP contribution >= 0.6 is 0 Å². The smallest absolute Gasteiger partial charge is 0.257 e. The van der Waals surface area contributed by atoms with Gasteiger partial charge in [0, 0.05) is 18.0 Å². The largest absolute Gasteiger partial charge is 0.333 e. The van der Waals surface area contributed by atoms with Crippen LogP contribution in [0.3, 0.4) is 0 Å². The minimum Gasteiger partial charge on any atom is -0.333 e. The summed E-state index contributed by atoms with van der Waals surface area (Å²) in [6, 6.07) is 20.2. The predicted octanol–water partition coefficient (Wildman–Crippen LogP) is 4.53. The predicted molar refractivity (Wildman–Crippen MR) is 136 cm³/mol. The van der Waals surface area contributed by atoms with Crippen LogP contribution < -0.4 is 10.5 Å². The Kier molecular flexibility index (Phi) is 5.68. The molecule has 6 rings (SSSR count). The number of aromatic amines is 1. The van der Waals surface area contributed by atoms with Crippen LogP contribution in [0.1, 0.15) is 71.7 Å². The van der Waals surface area contributed by atoms with E-state index in [4.69, 9.17) is 9.97 Å². The number of hydrogen-bond donors (Lipinski definition) is 1. The molecule has 4 aromatic rings. The van der Waals surface area contributed by atoms with Gasteiger partial charge in [-0.2, -0.15) is 4.98 Å². The summed E-state index contributed by atoms with van der Waals surface area (Å²) in [6.45, 7) is 3.19. The van der Waals surface area contributed by atoms with Crippen molar-refractivity contribution < 1.29 is 0 Å². The molecule has 0 unspecified atom stereocenters. The SMILES string of the molecule is Cc1nc2c(c(=O)n1C(c1ccccc1)c1ccccc1)CCN(c1n[nH]c(C3CCCC3)n1)C2. The van der Waals surface area contributed by atoms with Crippen LogP contribution in [0.2, 0.25) is 0 Å². The van der Waals surface area contributed by atoms with E-state index in [0.717, 1.165) is 34.0 Å². The standard InChI is InChI=1S/C28H30N6O/c1-19-29-24-18-33(28-30-26(31-32-28)22-14-8-9-15-22)17-16-23(24)27(35)34(19)25(20-10-4-2-5-11-20)21-12-6-3-7-13-21/h2-7,10-13,22,25H,8-9,14-18H2,1H3,(H,30,31,32). The maximum Gasteiger partial charge on any atom is 0.257 e. The molecule has 7 heteroatoms. The van der Waals surface area contributed by atoms with Gasteiger partial charge in [-0.3, -0.25) is 14.5 Å². The number of nitrogens with zero attached hydrogens (tertiary/aromatic N) is 5. The van der Waals surface area contributed by atoms with E-state index < -0.39 is 0 Å². The first-order valence-electron chi connectivity index (χ1n) is 12.6. The molecule has 1 saturated carbocycles. The third-order valence-electron chi connectivity index (χ3n) is 7.45. The molecule has 0 atom stereocenters. The lowest BCUT2D eigenvalue weighted by Crippen LogP contribution is -2.40. The number of H-pyrrole nitrogens is 1. The maximum atomic E-state index is 13.9. The molecule has 1 fully saturated rings. The molecule has 2 aromatic carbocycles. The molecule has 178 valence electrons. The Morgan fingerprint density at radius 1 is 0.943 bits per heavy atom. The summed E-state index contributed by atoms with van der Waals surface area (Å²) in [5, 5.41) is 7.67. The summed E-state index contributed by atoms with van der Waals surface area (Å²) in [4.78, 5) is 25.8. The van der Waals surface area contributed by atoms with Crippen LogP contribution in [0.4, 0.5) is 5.95 Å². The van der Waals surface area contributed by atoms with Crippen molar-refractivity contribution in [3.05, 3.63) is 105 Å². The van der Waals surface area contributed by atoms with Gasteiger partial charge in [-0.05, 0) is 37.3 Å². The lowest BCUT2D eigenvalue weighted by atomic mass is 9.97. The molecule has 0 bridgehead atoms. The van der Waals surface area contributed by atoms with Gasteiger partial charge in [0.15, 0.2) is 0 Å². The molecule has 0 spiro atoms. The van der Waals surface area contributed by atoms with Crippen molar-refractivity contribution in [2.75, 3.05) is 11.4 Å². The van der Waals surface area contributed by atoms with Crippen LogP contribution in [-0.4, -0.2) is 31.3 Å². The Morgan fingerprint density at radius 2 is 1.60 bits per heavy atom. The molecule has 0 amide bonds. The van der Waals surface area contributed by atoms with Gasteiger partial charge >= 0.3 is 0 Å². The van der Waals surface area contributed by atoms with Crippen LogP contribution in [0.15, 0.2) is 65.5 Å². The zero-order chi connectivity index (χ0) is 23.8. The highest BCUT2D eigenvalue weighted by Crippen LogP contribution is 2.33. The molecule has 0 saturated heterocycles. The summed E-state index contributed by atoms with van der Waals surface area (Å²) in [5.74, 6) is 2.92. The van der Waals surface area contributed by atoms with Crippen LogP contribution in [0.5, 0.6) is 0 Å². The molecule has 1 aliphatic carbocycles. The average molecular weight is 467 g/mol. The van der Waals surface area contributed by atoms with Gasteiger partial charge in [-0.1, -0.05) is 73.5 Å². The van der Waals surface area contributed by atoms with Gasteiger partial charge in [0.1, 0.15) is 11.6 Å². The molecule has 1 N–H and O–H groups in total. The summed E-state index contributed by atoms with van der Waals surface area (Å²) in [6.07, 6.45) is 5.52. The lowest BCUT2D eigenvalue weighted by Gasteiger charge is -2.29. The first kappa shape index (κ1) is 21.8. The second-order valence-corrected chi connectivity index (χ2v) is 9.66. The molecule has 2 aliphatic rings. The highest BCUT2D eigenvalue weighted by Gasteiger charge is 2.29. The second kappa shape index (κ2) is 9.13. The van der Waals surface area contributed by atoms with Gasteiger partial charge in [0.2, 0.25) is 5.95 Å². The van der Waals surface area contributed by atoms with Crippen molar-refractivity contribution in [1.29, 1.82) is 0 Å². The van der Waals surface area contributed by atoms with E-state index in [-0.39, 0.29) is 11.6 Å². The summed E-state index contributed by atoms with van der Waals surface area (Å²) in [5.41, 5.74) is 3.83. The van der Waals surface area contributed by atoms with E-state index in [1.165, 1.54) is 25.7 Å². The Labute approximate surface area is 204 Å². The molecule has 1 aliphatic heterocycles. The first-order valence-corrected chi connectivity index (χ1v) is 12.6. The number of fused-ring (bicyclic) bond motifs is 1. The molecule has 7 nitrogen and oxygen atoms in total. The molecular formula is C28H30N6O. The van der Waals surface area contributed by atoms with Crippen LogP contribution in [0.25, 0.3) is 0 Å². The highest BCUT2D eigenvalue weighted by atomic mass is 16.1. The number of aromatic nitrogens is 5. The van der Waals surface area contributed by atoms with Crippen LogP contribution in [-0.2, 0) is 13.0 Å². The van der Waals surface area contributed by atoms with E-state index in [1.807, 2.05) is 47.9 Å². The average Bonchev–Trinajstić information content (AvgIpc) is 3.60. The minimum atomic E-state index is -0.220. The van der Waals surface area contributed by atoms with Gasteiger partial charge < -0.3 is 4.90 Å². The third kappa shape index (κ3) is 4.05. The Balaban J connectivity index is 1.36. The number of nitrogens with one attached hydrogen (secondary N) is 1. The molecule has 3 heterocycles. The van der Waals surface area contributed by atoms with E-state index in [1.54, 1.807) is 0 Å². The minimum absolute atomic E-state index is 0.0477. The fraction of sp³-hybridized carbons (Fsp3) is 0.357. The monoisotopic (exact) mass is 466 g/mol. The van der Waals surface area contributed by atoms with E-state index in [9.17, 15) is 4.79 Å². The van der Waals surface area contributed by atoms with Gasteiger partial charge in [-0.15, -0.1) is 5.10 Å². The quantitative estimate of drug-likeness (QED) is 0.468. The Morgan fingerprint density at radius 3 is 2.26 bits per heavy atom. The fourth-order valence-corrected chi connectivity index (χ4v) is 5.65. The molecule has 2 aromatic heterocycles. The Hall–Kier alpha value is -3.74. The number of rotatable bonds is 5. The van der Waals surface area contributed by atoms with Gasteiger partial charge in [0.25, 0.3) is 5.56 Å². The second-order valence-electron chi connectivity index (χ2n) is 9.66. The maximum absolute atomic E-state index is 13.9. The number of benzene rings is 2. The fourth-order valence-electron chi connectivity index (χ4n) is 5.65. The van der Waals surface area contributed by atoms with Crippen molar-refractivity contribution >= 4 is 5.95 Å². The topological polar surface area (TPSA) is 79.7 Å². The van der Waals surface area contributed by atoms with Crippen LogP contribution in [0, 0.1) is 6.92 Å². The Bertz CT molecular complexity index is 1330. The van der Waals surface area contributed by atoms with E-state index >= 15 is 0 Å². The summed E-state index contributed by atoms with van der Waals surface area (Å²) < 4.78 is 1.87. The summed E-state index contributed by atoms with van der Waals surface area (Å²) in [7, 11) is 0. The molecule has 0 radical (unpaired) electrons. The zero-order valence-electron chi connectivity index (χ0n) is 20.0. The van der Waals surface area contributed by atoms with Gasteiger partial charge in [0.05, 0.1) is 18.3 Å². The van der Waals surface area contributed by atoms with Crippen molar-refractivity contribution in [2.24, 2.45) is 0 Å². The van der Waals surface area contributed by atoms with Crippen molar-refractivity contribution in [3.8, 4) is 0 Å². The van der Waals surface area contributed by atoms with E-state index in [2.05, 4.69) is 39.4 Å². The summed E-state index contributed by atoms with van der Waals surface area (Å²) >= 11 is 0. The number of anilines is 1.